The number of allylic oxidation sites excluding steroid dienone is 2. The van der Waals surface area contributed by atoms with E-state index in [0.29, 0.717) is 40.7 Å². The van der Waals surface area contributed by atoms with Crippen molar-refractivity contribution in [2.45, 2.75) is 111 Å². The van der Waals surface area contributed by atoms with Gasteiger partial charge in [0.25, 0.3) is 0 Å². The predicted molar refractivity (Wildman–Crippen MR) is 147 cm³/mol. The molecule has 36 heavy (non-hydrogen) atoms. The first-order chi connectivity index (χ1) is 17.1. The lowest BCUT2D eigenvalue weighted by Gasteiger charge is -2.57. The van der Waals surface area contributed by atoms with Crippen LogP contribution < -0.4 is 5.32 Å². The van der Waals surface area contributed by atoms with E-state index in [0.717, 1.165) is 42.3 Å². The van der Waals surface area contributed by atoms with E-state index in [2.05, 4.69) is 52.9 Å². The van der Waals surface area contributed by atoms with Crippen LogP contribution in [0.25, 0.3) is 5.57 Å². The van der Waals surface area contributed by atoms with E-state index in [1.54, 1.807) is 5.57 Å². The summed E-state index contributed by atoms with van der Waals surface area (Å²) in [6, 6.07) is 0.428. The van der Waals surface area contributed by atoms with Crippen LogP contribution in [-0.4, -0.2) is 29.5 Å². The number of rotatable bonds is 2. The first-order valence-electron chi connectivity index (χ1n) is 14.9. The second-order valence-corrected chi connectivity index (χ2v) is 15.3. The Morgan fingerprint density at radius 2 is 1.94 bits per heavy atom. The number of fused-ring (bicyclic) bond motifs is 9. The van der Waals surface area contributed by atoms with E-state index in [1.807, 2.05) is 11.3 Å². The maximum absolute atomic E-state index is 6.97. The predicted octanol–water partition coefficient (Wildman–Crippen LogP) is 7.55. The Balaban J connectivity index is 1.17. The molecular formula is C31H46N2O2S. The average molecular weight is 511 g/mol. The number of hydrogen-bond donors (Lipinski definition) is 1. The van der Waals surface area contributed by atoms with Gasteiger partial charge in [-0.2, -0.15) is 0 Å². The molecule has 1 spiro atoms. The summed E-state index contributed by atoms with van der Waals surface area (Å²) in [5.41, 5.74) is 3.67. The lowest BCUT2D eigenvalue weighted by atomic mass is 9.47. The number of thiazole rings is 1. The van der Waals surface area contributed by atoms with Crippen molar-refractivity contribution in [1.82, 2.24) is 4.98 Å². The number of anilines is 1. The molecule has 5 heteroatoms. The largest absolute Gasteiger partial charge is 0.359 e. The van der Waals surface area contributed by atoms with Crippen LogP contribution in [0.2, 0.25) is 0 Å². The molecule has 6 aliphatic rings. The van der Waals surface area contributed by atoms with Crippen LogP contribution >= 0.6 is 11.3 Å². The van der Waals surface area contributed by atoms with Crippen molar-refractivity contribution in [3.05, 3.63) is 16.6 Å². The summed E-state index contributed by atoms with van der Waals surface area (Å²) in [5.74, 6) is 3.90. The smallest absolute Gasteiger partial charge is 0.183 e. The van der Waals surface area contributed by atoms with Crippen LogP contribution in [0, 0.1) is 46.3 Å². The Morgan fingerprint density at radius 3 is 2.69 bits per heavy atom. The molecule has 198 valence electrons. The minimum Gasteiger partial charge on any atom is -0.359 e. The SMILES string of the molecule is CC(C)Nc1nc2c(s1)C1=CC[C@H]3[C@@H]4C[C@@H]5O[C@]6(CC[C@@H](C)CO6)[C@@H](C)[C@@H]5[C@@]4(C)CC[C@@H]3[C@@]1(C)CC2. The van der Waals surface area contributed by atoms with Gasteiger partial charge < -0.3 is 14.8 Å². The van der Waals surface area contributed by atoms with Gasteiger partial charge in [0.1, 0.15) is 0 Å². The number of aromatic nitrogens is 1. The topological polar surface area (TPSA) is 43.4 Å². The molecule has 1 N–H and O–H groups in total. The standard InChI is InChI=1S/C31H46N2O2S/c1-17(2)32-28-33-24-11-13-29(5)21-10-12-30(6)23(20(21)7-8-22(29)27(24)36-28)15-25-26(30)19(4)31(35-25)14-9-18(3)16-34-31/h8,17-21,23,25-26H,7,9-16H2,1-6H3,(H,32,33)/t18-,19+,20-,21+,23+,25+,26+,29-,30+,31-/m1/s1. The van der Waals surface area contributed by atoms with E-state index in [9.17, 15) is 0 Å². The summed E-state index contributed by atoms with van der Waals surface area (Å²) >= 11 is 1.91. The summed E-state index contributed by atoms with van der Waals surface area (Å²) in [6.45, 7) is 15.3. The molecule has 2 aliphatic heterocycles. The highest BCUT2D eigenvalue weighted by Gasteiger charge is 2.68. The monoisotopic (exact) mass is 510 g/mol. The van der Waals surface area contributed by atoms with Crippen molar-refractivity contribution < 1.29 is 9.47 Å². The van der Waals surface area contributed by atoms with E-state index < -0.39 is 0 Å². The molecule has 4 aliphatic carbocycles. The molecule has 2 saturated carbocycles. The fourth-order valence-corrected chi connectivity index (χ4v) is 11.5. The Bertz CT molecular complexity index is 1070. The summed E-state index contributed by atoms with van der Waals surface area (Å²) < 4.78 is 13.5. The third-order valence-corrected chi connectivity index (χ3v) is 13.0. The summed E-state index contributed by atoms with van der Waals surface area (Å²) in [5, 5.41) is 4.68. The molecule has 4 nitrogen and oxygen atoms in total. The van der Waals surface area contributed by atoms with Gasteiger partial charge in [0.2, 0.25) is 0 Å². The minimum absolute atomic E-state index is 0.299. The average Bonchev–Trinajstić information content (AvgIpc) is 3.45. The highest BCUT2D eigenvalue weighted by Crippen LogP contribution is 2.71. The molecule has 1 aromatic rings. The number of ether oxygens (including phenoxy) is 2. The summed E-state index contributed by atoms with van der Waals surface area (Å²) in [7, 11) is 0. The normalized spacial score (nSPS) is 49.2. The molecule has 4 fully saturated rings. The third-order valence-electron chi connectivity index (χ3n) is 12.0. The molecule has 1 aromatic heterocycles. The fourth-order valence-electron chi connectivity index (χ4n) is 10.2. The van der Waals surface area contributed by atoms with Crippen LogP contribution in [-0.2, 0) is 15.9 Å². The van der Waals surface area contributed by atoms with Crippen molar-refractivity contribution >= 4 is 22.0 Å². The van der Waals surface area contributed by atoms with Crippen LogP contribution in [0.5, 0.6) is 0 Å². The zero-order valence-corrected chi connectivity index (χ0v) is 24.0. The molecule has 0 unspecified atom stereocenters. The molecule has 0 radical (unpaired) electrons. The molecule has 10 atom stereocenters. The number of nitrogens with zero attached hydrogens (tertiary/aromatic N) is 1. The van der Waals surface area contributed by atoms with Gasteiger partial charge in [-0.15, -0.1) is 0 Å². The van der Waals surface area contributed by atoms with Crippen molar-refractivity contribution in [3.63, 3.8) is 0 Å². The lowest BCUT2D eigenvalue weighted by molar-refractivity contribution is -0.272. The van der Waals surface area contributed by atoms with Crippen LogP contribution in [0.1, 0.15) is 97.1 Å². The van der Waals surface area contributed by atoms with E-state index in [1.165, 1.54) is 49.1 Å². The van der Waals surface area contributed by atoms with Crippen molar-refractivity contribution in [2.24, 2.45) is 46.3 Å². The van der Waals surface area contributed by atoms with Gasteiger partial charge in [0.15, 0.2) is 10.9 Å². The maximum atomic E-state index is 6.97. The van der Waals surface area contributed by atoms with Gasteiger partial charge in [-0.25, -0.2) is 4.98 Å². The van der Waals surface area contributed by atoms with Gasteiger partial charge in [-0.1, -0.05) is 45.1 Å². The lowest BCUT2D eigenvalue weighted by Crippen LogP contribution is -2.51. The van der Waals surface area contributed by atoms with Gasteiger partial charge in [-0.05, 0) is 105 Å². The van der Waals surface area contributed by atoms with Gasteiger partial charge >= 0.3 is 0 Å². The first-order valence-corrected chi connectivity index (χ1v) is 15.8. The zero-order chi connectivity index (χ0) is 25.0. The highest BCUT2D eigenvalue weighted by atomic mass is 32.1. The number of nitrogens with one attached hydrogen (secondary N) is 1. The zero-order valence-electron chi connectivity index (χ0n) is 23.2. The fraction of sp³-hybridized carbons (Fsp3) is 0.839. The van der Waals surface area contributed by atoms with Crippen LogP contribution in [0.3, 0.4) is 0 Å². The summed E-state index contributed by atoms with van der Waals surface area (Å²) in [4.78, 5) is 6.50. The van der Waals surface area contributed by atoms with E-state index in [-0.39, 0.29) is 5.79 Å². The molecule has 3 heterocycles. The Morgan fingerprint density at radius 1 is 1.11 bits per heavy atom. The second-order valence-electron chi connectivity index (χ2n) is 14.3. The highest BCUT2D eigenvalue weighted by molar-refractivity contribution is 7.16. The maximum Gasteiger partial charge on any atom is 0.183 e. The Hall–Kier alpha value is -0.910. The number of aryl methyl sites for hydroxylation is 1. The molecule has 0 bridgehead atoms. The third kappa shape index (κ3) is 3.21. The van der Waals surface area contributed by atoms with Crippen molar-refractivity contribution in [2.75, 3.05) is 11.9 Å². The Kier molecular flexibility index (Phi) is 5.40. The van der Waals surface area contributed by atoms with Crippen LogP contribution in [0.4, 0.5) is 5.13 Å². The summed E-state index contributed by atoms with van der Waals surface area (Å²) in [6.07, 6.45) is 13.0. The van der Waals surface area contributed by atoms with Crippen LogP contribution in [0.15, 0.2) is 6.08 Å². The quantitative estimate of drug-likeness (QED) is 0.446. The number of hydrogen-bond acceptors (Lipinski definition) is 5. The van der Waals surface area contributed by atoms with E-state index >= 15 is 0 Å². The van der Waals surface area contributed by atoms with Gasteiger partial charge in [0.05, 0.1) is 23.3 Å². The van der Waals surface area contributed by atoms with Crippen molar-refractivity contribution in [3.8, 4) is 0 Å². The molecule has 2 saturated heterocycles. The molecule has 0 aromatic carbocycles. The second kappa shape index (κ2) is 8.05. The molecule has 7 rings (SSSR count). The first kappa shape index (κ1) is 24.2. The van der Waals surface area contributed by atoms with Gasteiger partial charge in [0, 0.05) is 18.4 Å². The van der Waals surface area contributed by atoms with Gasteiger partial charge in [-0.3, -0.25) is 0 Å². The molecular weight excluding hydrogens is 464 g/mol. The minimum atomic E-state index is -0.300. The Labute approximate surface area is 222 Å². The van der Waals surface area contributed by atoms with E-state index in [4.69, 9.17) is 14.5 Å². The van der Waals surface area contributed by atoms with Crippen molar-refractivity contribution in [1.29, 1.82) is 0 Å². The molecule has 0 amide bonds.